The highest BCUT2D eigenvalue weighted by Crippen LogP contribution is 2.33. The van der Waals surface area contributed by atoms with Gasteiger partial charge in [0.25, 0.3) is 0 Å². The monoisotopic (exact) mass is 537 g/mol. The van der Waals surface area contributed by atoms with E-state index in [1.165, 1.54) is 18.2 Å². The first kappa shape index (κ1) is 25.4. The van der Waals surface area contributed by atoms with Crippen LogP contribution in [-0.2, 0) is 4.79 Å². The molecule has 5 aromatic rings. The van der Waals surface area contributed by atoms with Gasteiger partial charge in [-0.15, -0.1) is 0 Å². The lowest BCUT2D eigenvalue weighted by molar-refractivity contribution is -0.111. The van der Waals surface area contributed by atoms with Gasteiger partial charge in [0.05, 0.1) is 40.9 Å². The molecule has 2 aromatic carbocycles. The van der Waals surface area contributed by atoms with Gasteiger partial charge < -0.3 is 16.0 Å². The smallest absolute Gasteiger partial charge is 0.247 e. The summed E-state index contributed by atoms with van der Waals surface area (Å²) in [6.45, 7) is 5.53. The third kappa shape index (κ3) is 4.71. The highest BCUT2D eigenvalue weighted by molar-refractivity contribution is 5.99. The van der Waals surface area contributed by atoms with Gasteiger partial charge in [-0.3, -0.25) is 14.0 Å². The Hall–Kier alpha value is -4.90. The molecule has 3 N–H and O–H groups in total. The Balaban J connectivity index is 1.45. The van der Waals surface area contributed by atoms with E-state index < -0.39 is 11.7 Å². The summed E-state index contributed by atoms with van der Waals surface area (Å²) in [5.41, 5.74) is 9.87. The lowest BCUT2D eigenvalue weighted by Gasteiger charge is -2.28. The van der Waals surface area contributed by atoms with Crippen molar-refractivity contribution in [2.75, 3.05) is 31.2 Å². The molecule has 6 rings (SSSR count). The molecule has 1 fully saturated rings. The predicted molar refractivity (Wildman–Crippen MR) is 152 cm³/mol. The molecule has 0 radical (unpaired) electrons. The topological polar surface area (TPSA) is 120 Å². The number of fused-ring (bicyclic) bond motifs is 1. The number of carbonyl (C=O) groups excluding carboxylic acids is 1. The number of anilines is 2. The number of hydrogen-bond acceptors (Lipinski definition) is 7. The van der Waals surface area contributed by atoms with Crippen LogP contribution in [0, 0.1) is 5.82 Å². The molecule has 1 amide bonds. The molecule has 1 aliphatic heterocycles. The standard InChI is InChI=1S/C29H28FN9O/c1-3-26(40)34-19-8-9-21(30)25(14-19)39-24-7-5-4-6-22(24)36-29(39)27-28(31)32-16-23(35-27)18-15-33-38(17-18)20-10-12-37(2)13-11-20/h3-9,14-17,20H,1,10-13H2,2H3,(H2,31,32)(H,34,40). The zero-order valence-corrected chi connectivity index (χ0v) is 22.0. The van der Waals surface area contributed by atoms with Crippen LogP contribution in [-0.4, -0.2) is 60.2 Å². The van der Waals surface area contributed by atoms with E-state index in [1.54, 1.807) is 17.0 Å². The van der Waals surface area contributed by atoms with Crippen molar-refractivity contribution in [3.05, 3.63) is 79.5 Å². The van der Waals surface area contributed by atoms with Crippen LogP contribution in [0.4, 0.5) is 15.9 Å². The number of benzene rings is 2. The fourth-order valence-corrected chi connectivity index (χ4v) is 5.02. The van der Waals surface area contributed by atoms with Gasteiger partial charge in [0, 0.05) is 17.4 Å². The second kappa shape index (κ2) is 10.3. The van der Waals surface area contributed by atoms with E-state index in [9.17, 15) is 4.79 Å². The van der Waals surface area contributed by atoms with Gasteiger partial charge in [-0.1, -0.05) is 18.7 Å². The number of amides is 1. The van der Waals surface area contributed by atoms with Gasteiger partial charge in [-0.2, -0.15) is 5.10 Å². The fourth-order valence-electron chi connectivity index (χ4n) is 5.02. The average Bonchev–Trinajstić information content (AvgIpc) is 3.60. The minimum Gasteiger partial charge on any atom is -0.382 e. The molecule has 0 bridgehead atoms. The Kier molecular flexibility index (Phi) is 6.56. The summed E-state index contributed by atoms with van der Waals surface area (Å²) in [5, 5.41) is 7.29. The molecule has 202 valence electrons. The molecule has 1 saturated heterocycles. The molecule has 40 heavy (non-hydrogen) atoms. The normalized spacial score (nSPS) is 14.4. The SMILES string of the molecule is C=CC(=O)Nc1ccc(F)c(-n2c(-c3nc(-c4cnn(C5CCN(C)CC5)c4)cnc3N)nc3ccccc32)c1. The summed E-state index contributed by atoms with van der Waals surface area (Å²) in [6.07, 6.45) is 8.56. The van der Waals surface area contributed by atoms with Gasteiger partial charge in [-0.25, -0.2) is 19.3 Å². The van der Waals surface area contributed by atoms with Crippen LogP contribution >= 0.6 is 0 Å². The molecule has 3 aromatic heterocycles. The molecule has 0 aliphatic carbocycles. The van der Waals surface area contributed by atoms with Crippen LogP contribution in [0.1, 0.15) is 18.9 Å². The molecular formula is C29H28FN9O. The Morgan fingerprint density at radius 3 is 2.75 bits per heavy atom. The van der Waals surface area contributed by atoms with Crippen LogP contribution in [0.25, 0.3) is 39.5 Å². The third-order valence-corrected chi connectivity index (χ3v) is 7.17. The highest BCUT2D eigenvalue weighted by Gasteiger charge is 2.23. The molecular weight excluding hydrogens is 509 g/mol. The van der Waals surface area contributed by atoms with Crippen molar-refractivity contribution in [1.82, 2.24) is 34.2 Å². The Morgan fingerprint density at radius 2 is 1.95 bits per heavy atom. The number of nitrogens with two attached hydrogens (primary N) is 1. The number of nitrogens with zero attached hydrogens (tertiary/aromatic N) is 7. The second-order valence-corrected chi connectivity index (χ2v) is 9.85. The molecule has 4 heterocycles. The largest absolute Gasteiger partial charge is 0.382 e. The molecule has 0 spiro atoms. The number of nitrogens with one attached hydrogen (secondary N) is 1. The zero-order valence-electron chi connectivity index (χ0n) is 22.0. The minimum atomic E-state index is -0.511. The van der Waals surface area contributed by atoms with Gasteiger partial charge in [0.15, 0.2) is 11.6 Å². The Labute approximate surface area is 230 Å². The van der Waals surface area contributed by atoms with Crippen molar-refractivity contribution < 1.29 is 9.18 Å². The van der Waals surface area contributed by atoms with Gasteiger partial charge >= 0.3 is 0 Å². The number of hydrogen-bond donors (Lipinski definition) is 2. The molecule has 0 saturated carbocycles. The van der Waals surface area contributed by atoms with Gasteiger partial charge in [0.2, 0.25) is 5.91 Å². The first-order valence-electron chi connectivity index (χ1n) is 13.0. The summed E-state index contributed by atoms with van der Waals surface area (Å²) in [5.74, 6) is -0.443. The number of halogens is 1. The van der Waals surface area contributed by atoms with Crippen molar-refractivity contribution in [2.45, 2.75) is 18.9 Å². The first-order chi connectivity index (χ1) is 19.4. The van der Waals surface area contributed by atoms with Crippen molar-refractivity contribution in [3.8, 4) is 28.5 Å². The van der Waals surface area contributed by atoms with Crippen LogP contribution in [0.15, 0.2) is 73.7 Å². The van der Waals surface area contributed by atoms with Gasteiger partial charge in [-0.05, 0) is 69.4 Å². The van der Waals surface area contributed by atoms with Crippen molar-refractivity contribution in [1.29, 1.82) is 0 Å². The van der Waals surface area contributed by atoms with Crippen molar-refractivity contribution >= 4 is 28.4 Å². The highest BCUT2D eigenvalue weighted by atomic mass is 19.1. The predicted octanol–water partition coefficient (Wildman–Crippen LogP) is 4.46. The number of carbonyl (C=O) groups is 1. The molecule has 0 atom stereocenters. The molecule has 0 unspecified atom stereocenters. The van der Waals surface area contributed by atoms with E-state index in [0.29, 0.717) is 40.0 Å². The first-order valence-corrected chi connectivity index (χ1v) is 13.0. The quantitative estimate of drug-likeness (QED) is 0.307. The summed E-state index contributed by atoms with van der Waals surface area (Å²) < 4.78 is 19.0. The molecule has 1 aliphatic rings. The number of nitrogen functional groups attached to an aromatic ring is 1. The maximum atomic E-state index is 15.4. The van der Waals surface area contributed by atoms with Crippen LogP contribution in [0.3, 0.4) is 0 Å². The fraction of sp³-hybridized carbons (Fsp3) is 0.207. The van der Waals surface area contributed by atoms with Crippen LogP contribution < -0.4 is 11.1 Å². The number of imidazole rings is 1. The van der Waals surface area contributed by atoms with E-state index in [0.717, 1.165) is 37.6 Å². The van der Waals surface area contributed by atoms with Crippen molar-refractivity contribution in [2.24, 2.45) is 0 Å². The number of para-hydroxylation sites is 2. The van der Waals surface area contributed by atoms with E-state index in [4.69, 9.17) is 15.7 Å². The van der Waals surface area contributed by atoms with Crippen molar-refractivity contribution in [3.63, 3.8) is 0 Å². The third-order valence-electron chi connectivity index (χ3n) is 7.17. The second-order valence-electron chi connectivity index (χ2n) is 9.85. The summed E-state index contributed by atoms with van der Waals surface area (Å²) >= 11 is 0. The summed E-state index contributed by atoms with van der Waals surface area (Å²) in [7, 11) is 2.13. The lowest BCUT2D eigenvalue weighted by atomic mass is 10.1. The maximum Gasteiger partial charge on any atom is 0.247 e. The summed E-state index contributed by atoms with van der Waals surface area (Å²) in [4.78, 5) is 28.3. The van der Waals surface area contributed by atoms with E-state index in [1.807, 2.05) is 35.1 Å². The number of rotatable bonds is 6. The van der Waals surface area contributed by atoms with Crippen LogP contribution in [0.5, 0.6) is 0 Å². The van der Waals surface area contributed by atoms with E-state index in [2.05, 4.69) is 33.9 Å². The average molecular weight is 538 g/mol. The van der Waals surface area contributed by atoms with E-state index >= 15 is 4.39 Å². The zero-order chi connectivity index (χ0) is 27.8. The number of aromatic nitrogens is 6. The number of likely N-dealkylation sites (tertiary alicyclic amines) is 1. The Morgan fingerprint density at radius 1 is 1.15 bits per heavy atom. The van der Waals surface area contributed by atoms with Gasteiger partial charge in [0.1, 0.15) is 11.5 Å². The molecule has 11 heteroatoms. The maximum absolute atomic E-state index is 15.4. The lowest BCUT2D eigenvalue weighted by Crippen LogP contribution is -2.31. The van der Waals surface area contributed by atoms with E-state index in [-0.39, 0.29) is 11.5 Å². The Bertz CT molecular complexity index is 1730. The minimum absolute atomic E-state index is 0.152. The summed E-state index contributed by atoms with van der Waals surface area (Å²) in [6, 6.07) is 12.0. The van der Waals surface area contributed by atoms with Crippen LogP contribution in [0.2, 0.25) is 0 Å². The number of piperidine rings is 1. The molecule has 10 nitrogen and oxygen atoms in total.